The largest absolute Gasteiger partial charge is 0.354 e. The molecule has 27 heavy (non-hydrogen) atoms. The molecule has 0 atom stereocenters. The van der Waals surface area contributed by atoms with Crippen molar-refractivity contribution in [3.05, 3.63) is 62.5 Å². The van der Waals surface area contributed by atoms with Gasteiger partial charge in [-0.25, -0.2) is 4.98 Å². The van der Waals surface area contributed by atoms with Crippen LogP contribution in [0.3, 0.4) is 0 Å². The van der Waals surface area contributed by atoms with Crippen LogP contribution >= 0.6 is 11.3 Å². The quantitative estimate of drug-likeness (QED) is 0.739. The molecular weight excluding hydrogens is 358 g/mol. The number of hydrogen-bond donors (Lipinski definition) is 1. The van der Waals surface area contributed by atoms with Crippen LogP contribution in [0.25, 0.3) is 10.2 Å². The molecule has 6 heteroatoms. The SMILES string of the molecule is Cc1nc2sc3c(c2c(=O)n1CC(=O)NCCc1ccccc1)CCCC3. The zero-order valence-electron chi connectivity index (χ0n) is 15.5. The standard InChI is InChI=1S/C21H23N3O2S/c1-14-23-20-19(16-9-5-6-10-17(16)27-20)21(26)24(14)13-18(25)22-12-11-15-7-3-2-4-8-15/h2-4,7-8H,5-6,9-13H2,1H3,(H,22,25). The van der Waals surface area contributed by atoms with E-state index in [1.807, 2.05) is 30.3 Å². The predicted octanol–water partition coefficient (Wildman–Crippen LogP) is 3.00. The first kappa shape index (κ1) is 17.9. The Hall–Kier alpha value is -2.47. The molecule has 0 spiro atoms. The molecule has 0 fully saturated rings. The molecule has 1 aliphatic rings. The van der Waals surface area contributed by atoms with Gasteiger partial charge in [0.2, 0.25) is 5.91 Å². The molecule has 0 bridgehead atoms. The molecule has 4 rings (SSSR count). The molecule has 0 saturated carbocycles. The molecule has 1 aromatic carbocycles. The van der Waals surface area contributed by atoms with E-state index in [2.05, 4.69) is 10.3 Å². The minimum absolute atomic E-state index is 0.0208. The first-order valence-electron chi connectivity index (χ1n) is 9.46. The lowest BCUT2D eigenvalue weighted by atomic mass is 9.97. The zero-order chi connectivity index (χ0) is 18.8. The van der Waals surface area contributed by atoms with Gasteiger partial charge in [0.1, 0.15) is 17.2 Å². The third-order valence-electron chi connectivity index (χ3n) is 5.15. The van der Waals surface area contributed by atoms with Crippen molar-refractivity contribution < 1.29 is 4.79 Å². The Balaban J connectivity index is 1.51. The van der Waals surface area contributed by atoms with Crippen LogP contribution in [0.4, 0.5) is 0 Å². The number of aromatic nitrogens is 2. The van der Waals surface area contributed by atoms with Gasteiger partial charge in [-0.2, -0.15) is 0 Å². The minimum Gasteiger partial charge on any atom is -0.354 e. The highest BCUT2D eigenvalue weighted by atomic mass is 32.1. The van der Waals surface area contributed by atoms with Crippen molar-refractivity contribution >= 4 is 27.5 Å². The average molecular weight is 382 g/mol. The highest BCUT2D eigenvalue weighted by molar-refractivity contribution is 7.18. The third kappa shape index (κ3) is 3.67. The van der Waals surface area contributed by atoms with Gasteiger partial charge < -0.3 is 5.32 Å². The first-order chi connectivity index (χ1) is 13.1. The van der Waals surface area contributed by atoms with Gasteiger partial charge in [-0.3, -0.25) is 14.2 Å². The van der Waals surface area contributed by atoms with E-state index < -0.39 is 0 Å². The number of rotatable bonds is 5. The summed E-state index contributed by atoms with van der Waals surface area (Å²) in [4.78, 5) is 32.2. The van der Waals surface area contributed by atoms with Crippen LogP contribution < -0.4 is 10.9 Å². The van der Waals surface area contributed by atoms with Crippen molar-refractivity contribution in [1.29, 1.82) is 0 Å². The fraction of sp³-hybridized carbons (Fsp3) is 0.381. The number of amides is 1. The van der Waals surface area contributed by atoms with Gasteiger partial charge in [0.15, 0.2) is 0 Å². The van der Waals surface area contributed by atoms with Gasteiger partial charge in [0.05, 0.1) is 5.39 Å². The number of nitrogens with one attached hydrogen (secondary N) is 1. The van der Waals surface area contributed by atoms with Crippen LogP contribution in [0.15, 0.2) is 35.1 Å². The Morgan fingerprint density at radius 1 is 1.22 bits per heavy atom. The van der Waals surface area contributed by atoms with Crippen LogP contribution in [0.5, 0.6) is 0 Å². The van der Waals surface area contributed by atoms with E-state index in [1.165, 1.54) is 21.4 Å². The van der Waals surface area contributed by atoms with E-state index in [0.717, 1.165) is 41.5 Å². The molecule has 140 valence electrons. The molecule has 2 heterocycles. The van der Waals surface area contributed by atoms with Crippen molar-refractivity contribution in [2.24, 2.45) is 0 Å². The van der Waals surface area contributed by atoms with Crippen molar-refractivity contribution in [3.8, 4) is 0 Å². The summed E-state index contributed by atoms with van der Waals surface area (Å²) in [7, 11) is 0. The first-order valence-corrected chi connectivity index (χ1v) is 10.3. The smallest absolute Gasteiger partial charge is 0.263 e. The van der Waals surface area contributed by atoms with Crippen molar-refractivity contribution in [2.75, 3.05) is 6.54 Å². The maximum absolute atomic E-state index is 13.1. The molecular formula is C21H23N3O2S. The molecule has 1 N–H and O–H groups in total. The number of benzene rings is 1. The number of thiophene rings is 1. The zero-order valence-corrected chi connectivity index (χ0v) is 16.3. The summed E-state index contributed by atoms with van der Waals surface area (Å²) in [6.45, 7) is 2.38. The molecule has 1 amide bonds. The fourth-order valence-electron chi connectivity index (χ4n) is 3.72. The Bertz CT molecular complexity index is 1040. The topological polar surface area (TPSA) is 64.0 Å². The van der Waals surface area contributed by atoms with Crippen LogP contribution in [0.2, 0.25) is 0 Å². The summed E-state index contributed by atoms with van der Waals surface area (Å²) in [5.74, 6) is 0.450. The van der Waals surface area contributed by atoms with Crippen LogP contribution in [-0.4, -0.2) is 22.0 Å². The minimum atomic E-state index is -0.152. The second-order valence-corrected chi connectivity index (χ2v) is 8.11. The van der Waals surface area contributed by atoms with Gasteiger partial charge in [-0.1, -0.05) is 30.3 Å². The summed E-state index contributed by atoms with van der Waals surface area (Å²) in [6, 6.07) is 10.0. The maximum Gasteiger partial charge on any atom is 0.263 e. The van der Waals surface area contributed by atoms with E-state index in [4.69, 9.17) is 0 Å². The summed E-state index contributed by atoms with van der Waals surface area (Å²) >= 11 is 1.64. The molecule has 1 aliphatic carbocycles. The summed E-state index contributed by atoms with van der Waals surface area (Å²) < 4.78 is 1.52. The Labute approximate surface area is 162 Å². The monoisotopic (exact) mass is 381 g/mol. The van der Waals surface area contributed by atoms with Gasteiger partial charge in [0.25, 0.3) is 5.56 Å². The van der Waals surface area contributed by atoms with E-state index >= 15 is 0 Å². The van der Waals surface area contributed by atoms with Gasteiger partial charge in [-0.15, -0.1) is 11.3 Å². The molecule has 0 saturated heterocycles. The van der Waals surface area contributed by atoms with Crippen molar-refractivity contribution in [2.45, 2.75) is 45.6 Å². The van der Waals surface area contributed by atoms with Crippen LogP contribution in [0, 0.1) is 6.92 Å². The number of hydrogen-bond acceptors (Lipinski definition) is 4. The molecule has 5 nitrogen and oxygen atoms in total. The van der Waals surface area contributed by atoms with Crippen molar-refractivity contribution in [3.63, 3.8) is 0 Å². The highest BCUT2D eigenvalue weighted by Gasteiger charge is 2.21. The Morgan fingerprint density at radius 2 is 2.00 bits per heavy atom. The van der Waals surface area contributed by atoms with Crippen molar-refractivity contribution in [1.82, 2.24) is 14.9 Å². The predicted molar refractivity (Wildman–Crippen MR) is 108 cm³/mol. The Morgan fingerprint density at radius 3 is 2.81 bits per heavy atom. The Kier molecular flexibility index (Phi) is 5.07. The van der Waals surface area contributed by atoms with Crippen LogP contribution in [-0.2, 0) is 30.6 Å². The van der Waals surface area contributed by atoms with E-state index in [-0.39, 0.29) is 18.0 Å². The lowest BCUT2D eigenvalue weighted by molar-refractivity contribution is -0.121. The summed E-state index contributed by atoms with van der Waals surface area (Å²) in [6.07, 6.45) is 5.05. The van der Waals surface area contributed by atoms with Gasteiger partial charge in [-0.05, 0) is 50.2 Å². The molecule has 3 aromatic rings. The second kappa shape index (κ2) is 7.64. The molecule has 0 radical (unpaired) electrons. The van der Waals surface area contributed by atoms with E-state index in [1.54, 1.807) is 18.3 Å². The van der Waals surface area contributed by atoms with Crippen LogP contribution in [0.1, 0.15) is 34.7 Å². The van der Waals surface area contributed by atoms with E-state index in [9.17, 15) is 9.59 Å². The second-order valence-electron chi connectivity index (χ2n) is 7.03. The molecule has 2 aromatic heterocycles. The fourth-order valence-corrected chi connectivity index (χ4v) is 5.01. The highest BCUT2D eigenvalue weighted by Crippen LogP contribution is 2.33. The molecule has 0 aliphatic heterocycles. The normalized spacial score (nSPS) is 13.5. The number of fused-ring (bicyclic) bond motifs is 3. The number of carbonyl (C=O) groups excluding carboxylic acids is 1. The summed E-state index contributed by atoms with van der Waals surface area (Å²) in [5, 5.41) is 3.65. The average Bonchev–Trinajstić information content (AvgIpc) is 3.04. The lowest BCUT2D eigenvalue weighted by Crippen LogP contribution is -2.35. The third-order valence-corrected chi connectivity index (χ3v) is 6.33. The number of aryl methyl sites for hydroxylation is 3. The van der Waals surface area contributed by atoms with Gasteiger partial charge in [0, 0.05) is 11.4 Å². The molecule has 0 unspecified atom stereocenters. The lowest BCUT2D eigenvalue weighted by Gasteiger charge is -2.12. The van der Waals surface area contributed by atoms with E-state index in [0.29, 0.717) is 12.4 Å². The number of carbonyl (C=O) groups is 1. The number of nitrogens with zero attached hydrogens (tertiary/aromatic N) is 2. The van der Waals surface area contributed by atoms with Gasteiger partial charge >= 0.3 is 0 Å². The maximum atomic E-state index is 13.1. The summed E-state index contributed by atoms with van der Waals surface area (Å²) in [5.41, 5.74) is 2.27.